The van der Waals surface area contributed by atoms with Crippen LogP contribution in [-0.2, 0) is 0 Å². The second-order valence-electron chi connectivity index (χ2n) is 9.64. The van der Waals surface area contributed by atoms with Crippen molar-refractivity contribution in [3.63, 3.8) is 0 Å². The highest BCUT2D eigenvalue weighted by atomic mass is 16.5. The summed E-state index contributed by atoms with van der Waals surface area (Å²) in [4.78, 5) is 22.3. The van der Waals surface area contributed by atoms with Gasteiger partial charge in [0.2, 0.25) is 0 Å². The van der Waals surface area contributed by atoms with Gasteiger partial charge in [0.25, 0.3) is 0 Å². The van der Waals surface area contributed by atoms with Crippen LogP contribution in [0.3, 0.4) is 0 Å². The van der Waals surface area contributed by atoms with Crippen LogP contribution in [0.25, 0.3) is 0 Å². The lowest BCUT2D eigenvalue weighted by Gasteiger charge is -2.45. The fraction of sp³-hybridized carbons (Fsp3) is 0.545. The number of nitrogens with zero attached hydrogens (tertiary/aromatic N) is 4. The minimum Gasteiger partial charge on any atom is -0.757 e. The van der Waals surface area contributed by atoms with Crippen LogP contribution in [0.2, 0.25) is 0 Å². The largest absolute Gasteiger partial charge is 0.757 e. The molecule has 0 atom stereocenters. The molecule has 0 saturated carbocycles. The summed E-state index contributed by atoms with van der Waals surface area (Å²) in [7, 11) is 0. The molecule has 1 aromatic carbocycles. The summed E-state index contributed by atoms with van der Waals surface area (Å²) in [5, 5.41) is 13.9. The molecule has 0 unspecified atom stereocenters. The van der Waals surface area contributed by atoms with Crippen LogP contribution in [0, 0.1) is 22.5 Å². The van der Waals surface area contributed by atoms with Gasteiger partial charge < -0.3 is 10.3 Å². The Hall–Kier alpha value is -2.52. The number of hydrogen-bond donors (Lipinski definition) is 0. The monoisotopic (exact) mass is 380 g/mol. The lowest BCUT2D eigenvalue weighted by molar-refractivity contribution is -0.514. The van der Waals surface area contributed by atoms with Crippen LogP contribution in [-0.4, -0.2) is 43.7 Å². The molecule has 2 aliphatic rings. The van der Waals surface area contributed by atoms with Crippen LogP contribution in [0.4, 0.5) is 0 Å². The first kappa shape index (κ1) is 20.2. The molecule has 0 N–H and O–H groups in total. The van der Waals surface area contributed by atoms with Crippen LogP contribution in [0.5, 0.6) is 0 Å². The molecule has 0 spiro atoms. The predicted octanol–water partition coefficient (Wildman–Crippen LogP) is 3.88. The van der Waals surface area contributed by atoms with Crippen LogP contribution in [0.15, 0.2) is 28.2 Å². The third kappa shape index (κ3) is 2.61. The third-order valence-electron chi connectivity index (χ3n) is 6.78. The molecule has 0 amide bonds. The summed E-state index contributed by atoms with van der Waals surface area (Å²) in [6, 6.07) is 5.29. The van der Waals surface area contributed by atoms with E-state index < -0.39 is 22.2 Å². The molecule has 3 rings (SSSR count). The maximum Gasteiger partial charge on any atom is 0.364 e. The van der Waals surface area contributed by atoms with E-state index in [0.717, 1.165) is 9.82 Å². The van der Waals surface area contributed by atoms with Crippen LogP contribution >= 0.6 is 0 Å². The van der Waals surface area contributed by atoms with Crippen molar-refractivity contribution in [1.82, 2.24) is 5.06 Å². The van der Waals surface area contributed by atoms with Gasteiger partial charge in [-0.05, 0) is 78.3 Å². The van der Waals surface area contributed by atoms with Gasteiger partial charge in [-0.25, -0.2) is 0 Å². The number of hydroxylamine groups is 2. The van der Waals surface area contributed by atoms with Gasteiger partial charge >= 0.3 is 5.84 Å². The van der Waals surface area contributed by atoms with Gasteiger partial charge in [-0.2, -0.15) is 0 Å². The van der Waals surface area contributed by atoms with Gasteiger partial charge in [-0.3, -0.25) is 4.99 Å². The number of terminal acetylenes is 1. The van der Waals surface area contributed by atoms with Crippen LogP contribution in [0.1, 0.15) is 72.1 Å². The summed E-state index contributed by atoms with van der Waals surface area (Å²) >= 11 is 0. The average molecular weight is 380 g/mol. The molecule has 2 heterocycles. The quantitative estimate of drug-likeness (QED) is 0.577. The number of benzene rings is 1. The van der Waals surface area contributed by atoms with E-state index in [1.807, 2.05) is 55.4 Å². The highest BCUT2D eigenvalue weighted by Gasteiger charge is 2.59. The van der Waals surface area contributed by atoms with E-state index in [4.69, 9.17) is 6.42 Å². The van der Waals surface area contributed by atoms with Gasteiger partial charge in [0.15, 0.2) is 11.1 Å². The van der Waals surface area contributed by atoms with Crippen molar-refractivity contribution < 1.29 is 4.76 Å². The van der Waals surface area contributed by atoms with E-state index in [2.05, 4.69) is 15.9 Å². The van der Waals surface area contributed by atoms with E-state index in [0.29, 0.717) is 28.4 Å². The maximum absolute atomic E-state index is 13.0. The second kappa shape index (κ2) is 5.74. The Bertz CT molecular complexity index is 975. The van der Waals surface area contributed by atoms with Crippen molar-refractivity contribution >= 4 is 11.7 Å². The highest BCUT2D eigenvalue weighted by Crippen LogP contribution is 2.39. The van der Waals surface area contributed by atoms with Gasteiger partial charge in [0.1, 0.15) is 5.84 Å². The fourth-order valence-electron chi connectivity index (χ4n) is 3.25. The van der Waals surface area contributed by atoms with E-state index in [-0.39, 0.29) is 0 Å². The first-order valence-electron chi connectivity index (χ1n) is 9.42. The Kier molecular flexibility index (Phi) is 4.15. The molecule has 0 aromatic heterocycles. The van der Waals surface area contributed by atoms with Crippen LogP contribution < -0.4 is 0 Å². The summed E-state index contributed by atoms with van der Waals surface area (Å²) in [6.45, 7) is 15.2. The van der Waals surface area contributed by atoms with E-state index in [1.54, 1.807) is 18.2 Å². The predicted molar refractivity (Wildman–Crippen MR) is 113 cm³/mol. The molecule has 0 bridgehead atoms. The van der Waals surface area contributed by atoms with Crippen molar-refractivity contribution in [2.75, 3.05) is 0 Å². The van der Waals surface area contributed by atoms with E-state index >= 15 is 0 Å². The number of hydrogen-bond acceptors (Lipinski definition) is 5. The molecule has 148 valence electrons. The van der Waals surface area contributed by atoms with Crippen molar-refractivity contribution in [3.8, 4) is 12.3 Å². The van der Waals surface area contributed by atoms with Gasteiger partial charge in [0, 0.05) is 16.7 Å². The molecular weight excluding hydrogens is 352 g/mol. The van der Waals surface area contributed by atoms with Crippen molar-refractivity contribution in [2.45, 2.75) is 77.5 Å². The Morgan fingerprint density at radius 3 is 1.96 bits per heavy atom. The molecule has 28 heavy (non-hydrogen) atoms. The Morgan fingerprint density at radius 1 is 0.964 bits per heavy atom. The molecule has 6 nitrogen and oxygen atoms in total. The Morgan fingerprint density at radius 2 is 1.54 bits per heavy atom. The smallest absolute Gasteiger partial charge is 0.364 e. The molecule has 2 aliphatic heterocycles. The summed E-state index contributed by atoms with van der Waals surface area (Å²) in [5.41, 5.74) is -0.756. The van der Waals surface area contributed by atoms with E-state index in [9.17, 15) is 10.1 Å². The maximum atomic E-state index is 13.0. The zero-order valence-electron chi connectivity index (χ0n) is 17.9. The molecule has 0 aliphatic carbocycles. The van der Waals surface area contributed by atoms with Crippen molar-refractivity contribution in [3.05, 3.63) is 45.0 Å². The first-order chi connectivity index (χ1) is 12.7. The normalized spacial score (nSPS) is 24.0. The van der Waals surface area contributed by atoms with Crippen molar-refractivity contribution in [2.24, 2.45) is 9.98 Å². The highest BCUT2D eigenvalue weighted by molar-refractivity contribution is 6.04. The molecule has 0 radical (unpaired) electrons. The minimum atomic E-state index is -0.700. The number of aliphatic imine (C=N–C) groups is 2. The molecular formula is C22H28N4O2. The van der Waals surface area contributed by atoms with Crippen molar-refractivity contribution in [1.29, 1.82) is 0 Å². The Labute approximate surface area is 166 Å². The van der Waals surface area contributed by atoms with Gasteiger partial charge in [0.05, 0.1) is 11.1 Å². The van der Waals surface area contributed by atoms with E-state index in [1.165, 1.54) is 0 Å². The second-order valence-corrected chi connectivity index (χ2v) is 9.64. The zero-order valence-corrected chi connectivity index (χ0v) is 17.9. The third-order valence-corrected chi connectivity index (χ3v) is 6.78. The SMILES string of the molecule is C#Cc1cc(C2=NC(C)(C)C(C)(C)N2[O-])cc(C2=NC(C)(C)C(C)(C)[N+]2=O)c1. The number of rotatable bonds is 2. The molecule has 0 fully saturated rings. The summed E-state index contributed by atoms with van der Waals surface area (Å²) in [6.07, 6.45) is 5.65. The molecule has 0 saturated heterocycles. The first-order valence-corrected chi connectivity index (χ1v) is 9.42. The van der Waals surface area contributed by atoms with Gasteiger partial charge in [-0.1, -0.05) is 15.8 Å². The lowest BCUT2D eigenvalue weighted by atomic mass is 9.84. The standard InChI is InChI=1S/C22H28N4O2/c1-10-14-11-15(17-23-19(2,3)21(6,7)25(17)27)13-16(12-14)18-24-20(4,5)22(8,9)26(18)28/h1,11-13H,2-9H3. The van der Waals surface area contributed by atoms with Gasteiger partial charge in [-0.15, -0.1) is 6.42 Å². The number of nitroso groups, excluding NO2 is 1. The topological polar surface area (TPSA) is 71.1 Å². The number of amidine groups is 2. The molecule has 1 aromatic rings. The zero-order chi connectivity index (χ0) is 21.3. The summed E-state index contributed by atoms with van der Waals surface area (Å²) < 4.78 is 0.936. The molecule has 6 heteroatoms. The Balaban J connectivity index is 2.17. The minimum absolute atomic E-state index is 0.322. The average Bonchev–Trinajstić information content (AvgIpc) is 2.87. The lowest BCUT2D eigenvalue weighted by Crippen LogP contribution is -2.50. The summed E-state index contributed by atoms with van der Waals surface area (Å²) in [5.74, 6) is 3.26. The fourth-order valence-corrected chi connectivity index (χ4v) is 3.25.